The molecule has 8 heteroatoms. The third-order valence-electron chi connectivity index (χ3n) is 3.18. The lowest BCUT2D eigenvalue weighted by Gasteiger charge is -1.97. The molecule has 0 saturated heterocycles. The largest absolute Gasteiger partial charge is 0.493 e. The Morgan fingerprint density at radius 3 is 2.78 bits per heavy atom. The predicted octanol–water partition coefficient (Wildman–Crippen LogP) is 5.03. The van der Waals surface area contributed by atoms with Gasteiger partial charge in [-0.2, -0.15) is 0 Å². The number of amides is 1. The SMILES string of the molecule is Cc1ccc(C(=O)N=Nc2c(O)[nH]c3c(Br)cc(Br)cc23)cn1. The van der Waals surface area contributed by atoms with Gasteiger partial charge in [0.2, 0.25) is 5.88 Å². The van der Waals surface area contributed by atoms with Crippen LogP contribution in [0.5, 0.6) is 5.88 Å². The highest BCUT2D eigenvalue weighted by Gasteiger charge is 2.14. The summed E-state index contributed by atoms with van der Waals surface area (Å²) in [6, 6.07) is 6.97. The number of carbonyl (C=O) groups is 1. The fourth-order valence-corrected chi connectivity index (χ4v) is 3.37. The van der Waals surface area contributed by atoms with E-state index in [9.17, 15) is 9.90 Å². The molecule has 23 heavy (non-hydrogen) atoms. The number of aromatic nitrogens is 2. The predicted molar refractivity (Wildman–Crippen MR) is 93.2 cm³/mol. The zero-order valence-electron chi connectivity index (χ0n) is 11.8. The molecular formula is C15H10Br2N4O2. The number of aromatic amines is 1. The van der Waals surface area contributed by atoms with Crippen molar-refractivity contribution in [2.45, 2.75) is 6.92 Å². The molecule has 0 aliphatic rings. The van der Waals surface area contributed by atoms with E-state index in [0.717, 1.165) is 14.6 Å². The molecule has 116 valence electrons. The first-order chi connectivity index (χ1) is 11.0. The Labute approximate surface area is 147 Å². The second kappa shape index (κ2) is 6.21. The molecule has 1 amide bonds. The first-order valence-corrected chi connectivity index (χ1v) is 8.12. The molecule has 0 aliphatic heterocycles. The zero-order valence-corrected chi connectivity index (χ0v) is 15.0. The molecule has 6 nitrogen and oxygen atoms in total. The summed E-state index contributed by atoms with van der Waals surface area (Å²) in [4.78, 5) is 18.9. The smallest absolute Gasteiger partial charge is 0.296 e. The number of benzene rings is 1. The number of aromatic hydroxyl groups is 1. The summed E-state index contributed by atoms with van der Waals surface area (Å²) in [5.74, 6) is -0.683. The number of nitrogens with one attached hydrogen (secondary N) is 1. The van der Waals surface area contributed by atoms with E-state index in [2.05, 4.69) is 52.1 Å². The number of halogens is 2. The van der Waals surface area contributed by atoms with E-state index in [1.807, 2.05) is 13.0 Å². The van der Waals surface area contributed by atoms with Crippen LogP contribution in [0.2, 0.25) is 0 Å². The van der Waals surface area contributed by atoms with E-state index in [1.165, 1.54) is 6.20 Å². The Morgan fingerprint density at radius 2 is 2.09 bits per heavy atom. The lowest BCUT2D eigenvalue weighted by Crippen LogP contribution is -1.95. The van der Waals surface area contributed by atoms with Crippen molar-refractivity contribution >= 4 is 54.4 Å². The lowest BCUT2D eigenvalue weighted by molar-refractivity contribution is 0.0994. The van der Waals surface area contributed by atoms with Gasteiger partial charge in [-0.05, 0) is 47.1 Å². The Hall–Kier alpha value is -2.06. The van der Waals surface area contributed by atoms with Gasteiger partial charge in [0, 0.05) is 26.2 Å². The molecule has 3 rings (SSSR count). The maximum atomic E-state index is 12.0. The van der Waals surface area contributed by atoms with Crippen LogP contribution in [0.25, 0.3) is 10.9 Å². The van der Waals surface area contributed by atoms with Gasteiger partial charge in [0.25, 0.3) is 5.91 Å². The molecule has 0 spiro atoms. The summed E-state index contributed by atoms with van der Waals surface area (Å²) in [6.07, 6.45) is 1.44. The van der Waals surface area contributed by atoms with E-state index in [1.54, 1.807) is 18.2 Å². The van der Waals surface area contributed by atoms with Gasteiger partial charge in [-0.15, -0.1) is 10.2 Å². The number of aryl methyl sites for hydroxylation is 1. The van der Waals surface area contributed by atoms with Crippen molar-refractivity contribution in [1.29, 1.82) is 0 Å². The minimum Gasteiger partial charge on any atom is -0.493 e. The average Bonchev–Trinajstić information content (AvgIpc) is 2.82. The van der Waals surface area contributed by atoms with Crippen molar-refractivity contribution in [3.05, 3.63) is 50.7 Å². The fraction of sp³-hybridized carbons (Fsp3) is 0.0667. The molecule has 0 aliphatic carbocycles. The quantitative estimate of drug-likeness (QED) is 0.551. The summed E-state index contributed by atoms with van der Waals surface area (Å²) >= 11 is 6.78. The molecule has 3 aromatic rings. The number of rotatable bonds is 2. The molecule has 2 aromatic heterocycles. The van der Waals surface area contributed by atoms with Crippen LogP contribution in [0, 0.1) is 6.92 Å². The standard InChI is InChI=1S/C15H10Br2N4O2/c1-7-2-3-8(6-18-7)14(22)21-20-13-10-4-9(16)5-11(17)12(10)19-15(13)23/h2-6,19,23H,1H3. The van der Waals surface area contributed by atoms with Gasteiger partial charge in [-0.25, -0.2) is 0 Å². The van der Waals surface area contributed by atoms with Crippen molar-refractivity contribution in [3.63, 3.8) is 0 Å². The minimum atomic E-state index is -0.527. The summed E-state index contributed by atoms with van der Waals surface area (Å²) in [5, 5.41) is 18.2. The van der Waals surface area contributed by atoms with E-state index < -0.39 is 5.91 Å². The molecule has 0 saturated carbocycles. The van der Waals surface area contributed by atoms with Gasteiger partial charge < -0.3 is 10.1 Å². The van der Waals surface area contributed by atoms with Gasteiger partial charge in [-0.3, -0.25) is 9.78 Å². The maximum absolute atomic E-state index is 12.0. The third kappa shape index (κ3) is 3.18. The number of azo groups is 1. The number of hydrogen-bond acceptors (Lipinski definition) is 4. The Morgan fingerprint density at radius 1 is 1.30 bits per heavy atom. The van der Waals surface area contributed by atoms with Crippen LogP contribution in [0.4, 0.5) is 5.69 Å². The van der Waals surface area contributed by atoms with E-state index in [4.69, 9.17) is 0 Å². The molecule has 0 radical (unpaired) electrons. The number of carbonyl (C=O) groups excluding carboxylic acids is 1. The number of H-pyrrole nitrogens is 1. The summed E-state index contributed by atoms with van der Waals surface area (Å²) in [6.45, 7) is 1.83. The summed E-state index contributed by atoms with van der Waals surface area (Å²) in [7, 11) is 0. The van der Waals surface area contributed by atoms with Gasteiger partial charge in [-0.1, -0.05) is 15.9 Å². The van der Waals surface area contributed by atoms with Crippen LogP contribution >= 0.6 is 31.9 Å². The number of fused-ring (bicyclic) bond motifs is 1. The highest BCUT2D eigenvalue weighted by atomic mass is 79.9. The van der Waals surface area contributed by atoms with E-state index in [-0.39, 0.29) is 11.6 Å². The molecular weight excluding hydrogens is 428 g/mol. The normalized spacial score (nSPS) is 11.4. The topological polar surface area (TPSA) is 90.7 Å². The lowest BCUT2D eigenvalue weighted by atomic mass is 10.2. The molecule has 2 N–H and O–H groups in total. The van der Waals surface area contributed by atoms with Gasteiger partial charge >= 0.3 is 0 Å². The van der Waals surface area contributed by atoms with Gasteiger partial charge in [0.05, 0.1) is 11.1 Å². The van der Waals surface area contributed by atoms with Crippen molar-refractivity contribution in [3.8, 4) is 5.88 Å². The van der Waals surface area contributed by atoms with E-state index in [0.29, 0.717) is 16.5 Å². The van der Waals surface area contributed by atoms with Crippen molar-refractivity contribution in [2.75, 3.05) is 0 Å². The second-order valence-corrected chi connectivity index (χ2v) is 6.60. The van der Waals surface area contributed by atoms with Crippen molar-refractivity contribution in [2.24, 2.45) is 10.2 Å². The van der Waals surface area contributed by atoms with Crippen molar-refractivity contribution in [1.82, 2.24) is 9.97 Å². The minimum absolute atomic E-state index is 0.155. The van der Waals surface area contributed by atoms with E-state index >= 15 is 0 Å². The van der Waals surface area contributed by atoms with Crippen LogP contribution in [-0.4, -0.2) is 21.0 Å². The van der Waals surface area contributed by atoms with Crippen LogP contribution in [-0.2, 0) is 0 Å². The average molecular weight is 438 g/mol. The van der Waals surface area contributed by atoms with Crippen LogP contribution in [0.15, 0.2) is 49.6 Å². The van der Waals surface area contributed by atoms with Crippen LogP contribution < -0.4 is 0 Å². The molecule has 0 bridgehead atoms. The van der Waals surface area contributed by atoms with Crippen LogP contribution in [0.1, 0.15) is 16.1 Å². The third-order valence-corrected chi connectivity index (χ3v) is 4.26. The van der Waals surface area contributed by atoms with Crippen LogP contribution in [0.3, 0.4) is 0 Å². The molecule has 2 heterocycles. The molecule has 0 fully saturated rings. The van der Waals surface area contributed by atoms with Gasteiger partial charge in [0.15, 0.2) is 5.69 Å². The highest BCUT2D eigenvalue weighted by Crippen LogP contribution is 2.40. The second-order valence-electron chi connectivity index (χ2n) is 4.83. The molecule has 0 unspecified atom stereocenters. The molecule has 0 atom stereocenters. The first-order valence-electron chi connectivity index (χ1n) is 6.54. The monoisotopic (exact) mass is 436 g/mol. The number of nitrogens with zero attached hydrogens (tertiary/aromatic N) is 3. The number of pyridine rings is 1. The van der Waals surface area contributed by atoms with Gasteiger partial charge in [0.1, 0.15) is 0 Å². The Balaban J connectivity index is 1.99. The Bertz CT molecular complexity index is 933. The zero-order chi connectivity index (χ0) is 16.6. The maximum Gasteiger partial charge on any atom is 0.296 e. The molecule has 1 aromatic carbocycles. The first kappa shape index (κ1) is 15.8. The summed E-state index contributed by atoms with van der Waals surface area (Å²) in [5.41, 5.74) is 2.02. The fourth-order valence-electron chi connectivity index (χ4n) is 2.04. The van der Waals surface area contributed by atoms with Crippen molar-refractivity contribution < 1.29 is 9.90 Å². The highest BCUT2D eigenvalue weighted by molar-refractivity contribution is 9.11. The summed E-state index contributed by atoms with van der Waals surface area (Å²) < 4.78 is 1.56. The Kier molecular flexibility index (Phi) is 4.27. The number of hydrogen-bond donors (Lipinski definition) is 2.